The van der Waals surface area contributed by atoms with Gasteiger partial charge in [0.2, 0.25) is 11.8 Å². The summed E-state index contributed by atoms with van der Waals surface area (Å²) in [7, 11) is 0. The van der Waals surface area contributed by atoms with Crippen LogP contribution in [0, 0.1) is 17.5 Å². The molecule has 1 unspecified atom stereocenters. The van der Waals surface area contributed by atoms with Crippen molar-refractivity contribution in [2.45, 2.75) is 25.3 Å². The van der Waals surface area contributed by atoms with Crippen LogP contribution in [0.1, 0.15) is 19.3 Å². The van der Waals surface area contributed by atoms with Gasteiger partial charge in [0.05, 0.1) is 5.69 Å². The molecule has 1 aromatic carbocycles. The second kappa shape index (κ2) is 5.05. The first kappa shape index (κ1) is 13.9. The molecule has 0 spiro atoms. The van der Waals surface area contributed by atoms with Gasteiger partial charge in [-0.15, -0.1) is 0 Å². The maximum atomic E-state index is 13.3. The third kappa shape index (κ3) is 2.26. The normalized spacial score (nSPS) is 22.5. The van der Waals surface area contributed by atoms with E-state index in [1.165, 1.54) is 4.90 Å². The number of halogens is 3. The standard InChI is InChI=1S/C14H13F3N2O2/c15-9-5-8(6-10(16)13(9)17)19-7-12(20)18-4-2-1-3-11(18)14(19)21/h5-6,11H,1-4,7H2. The van der Waals surface area contributed by atoms with Crippen molar-refractivity contribution in [2.24, 2.45) is 0 Å². The molecule has 0 radical (unpaired) electrons. The van der Waals surface area contributed by atoms with Crippen molar-refractivity contribution in [3.05, 3.63) is 29.6 Å². The molecule has 0 bridgehead atoms. The van der Waals surface area contributed by atoms with Gasteiger partial charge in [-0.3, -0.25) is 9.59 Å². The number of carbonyl (C=O) groups is 2. The Balaban J connectivity index is 1.95. The topological polar surface area (TPSA) is 40.6 Å². The molecular formula is C14H13F3N2O2. The number of hydrogen-bond acceptors (Lipinski definition) is 2. The molecule has 2 saturated heterocycles. The van der Waals surface area contributed by atoms with E-state index < -0.39 is 23.5 Å². The van der Waals surface area contributed by atoms with E-state index in [1.807, 2.05) is 0 Å². The molecular weight excluding hydrogens is 285 g/mol. The lowest BCUT2D eigenvalue weighted by Gasteiger charge is -2.42. The molecule has 7 heteroatoms. The molecule has 2 aliphatic rings. The van der Waals surface area contributed by atoms with Crippen LogP contribution < -0.4 is 4.90 Å². The number of fused-ring (bicyclic) bond motifs is 1. The average Bonchev–Trinajstić information content (AvgIpc) is 2.48. The van der Waals surface area contributed by atoms with Gasteiger partial charge in [-0.05, 0) is 19.3 Å². The van der Waals surface area contributed by atoms with Crippen LogP contribution in [0.15, 0.2) is 12.1 Å². The van der Waals surface area contributed by atoms with E-state index in [1.54, 1.807) is 0 Å². The van der Waals surface area contributed by atoms with Gasteiger partial charge in [0.15, 0.2) is 17.5 Å². The fourth-order valence-corrected chi connectivity index (χ4v) is 2.89. The predicted molar refractivity (Wildman–Crippen MR) is 68.0 cm³/mol. The largest absolute Gasteiger partial charge is 0.329 e. The molecule has 2 fully saturated rings. The van der Waals surface area contributed by atoms with Crippen molar-refractivity contribution < 1.29 is 22.8 Å². The molecule has 1 aromatic rings. The number of piperidine rings is 1. The van der Waals surface area contributed by atoms with Crippen LogP contribution in [-0.4, -0.2) is 35.8 Å². The lowest BCUT2D eigenvalue weighted by atomic mass is 9.98. The van der Waals surface area contributed by atoms with Crippen LogP contribution in [-0.2, 0) is 9.59 Å². The van der Waals surface area contributed by atoms with Crippen molar-refractivity contribution in [3.63, 3.8) is 0 Å². The molecule has 2 aliphatic heterocycles. The number of piperazine rings is 1. The number of rotatable bonds is 1. The number of anilines is 1. The molecule has 112 valence electrons. The van der Waals surface area contributed by atoms with Gasteiger partial charge >= 0.3 is 0 Å². The lowest BCUT2D eigenvalue weighted by Crippen LogP contribution is -2.61. The summed E-state index contributed by atoms with van der Waals surface area (Å²) < 4.78 is 39.6. The van der Waals surface area contributed by atoms with Gasteiger partial charge in [-0.25, -0.2) is 13.2 Å². The molecule has 3 rings (SSSR count). The van der Waals surface area contributed by atoms with Crippen molar-refractivity contribution in [2.75, 3.05) is 18.0 Å². The summed E-state index contributed by atoms with van der Waals surface area (Å²) >= 11 is 0. The Morgan fingerprint density at radius 1 is 1.05 bits per heavy atom. The summed E-state index contributed by atoms with van der Waals surface area (Å²) in [5.41, 5.74) is -0.130. The van der Waals surface area contributed by atoms with Gasteiger partial charge in [0.1, 0.15) is 12.6 Å². The van der Waals surface area contributed by atoms with Crippen LogP contribution in [0.3, 0.4) is 0 Å². The highest BCUT2D eigenvalue weighted by Crippen LogP contribution is 2.28. The van der Waals surface area contributed by atoms with Gasteiger partial charge in [-0.1, -0.05) is 0 Å². The van der Waals surface area contributed by atoms with Gasteiger partial charge < -0.3 is 9.80 Å². The molecule has 0 saturated carbocycles. The minimum absolute atomic E-state index is 0.130. The Hall–Kier alpha value is -2.05. The summed E-state index contributed by atoms with van der Waals surface area (Å²) in [6, 6.07) is 0.889. The Labute approximate surface area is 119 Å². The smallest absolute Gasteiger partial charge is 0.250 e. The number of nitrogens with zero attached hydrogens (tertiary/aromatic N) is 2. The summed E-state index contributed by atoms with van der Waals surface area (Å²) in [6.45, 7) is 0.245. The van der Waals surface area contributed by atoms with Crippen molar-refractivity contribution in [1.82, 2.24) is 4.90 Å². The Bertz CT molecular complexity index is 597. The van der Waals surface area contributed by atoms with E-state index in [2.05, 4.69) is 0 Å². The SMILES string of the molecule is O=C1C2CCCCN2C(=O)CN1c1cc(F)c(F)c(F)c1. The maximum Gasteiger partial charge on any atom is 0.250 e. The van der Waals surface area contributed by atoms with Crippen LogP contribution >= 0.6 is 0 Å². The first-order chi connectivity index (χ1) is 9.99. The summed E-state index contributed by atoms with van der Waals surface area (Å²) in [5.74, 6) is -4.98. The van der Waals surface area contributed by atoms with Gasteiger partial charge in [0.25, 0.3) is 0 Å². The van der Waals surface area contributed by atoms with E-state index >= 15 is 0 Å². The van der Waals surface area contributed by atoms with E-state index in [-0.39, 0.29) is 24.0 Å². The Morgan fingerprint density at radius 3 is 2.38 bits per heavy atom. The lowest BCUT2D eigenvalue weighted by molar-refractivity contribution is -0.144. The average molecular weight is 298 g/mol. The fraction of sp³-hybridized carbons (Fsp3) is 0.429. The van der Waals surface area contributed by atoms with Crippen LogP contribution in [0.2, 0.25) is 0 Å². The number of amides is 2. The third-order valence-electron chi connectivity index (χ3n) is 3.95. The van der Waals surface area contributed by atoms with Crippen LogP contribution in [0.5, 0.6) is 0 Å². The minimum atomic E-state index is -1.59. The molecule has 0 aromatic heterocycles. The van der Waals surface area contributed by atoms with E-state index in [0.29, 0.717) is 13.0 Å². The number of hydrogen-bond donors (Lipinski definition) is 0. The van der Waals surface area contributed by atoms with E-state index in [4.69, 9.17) is 0 Å². The maximum absolute atomic E-state index is 13.3. The second-order valence-electron chi connectivity index (χ2n) is 5.25. The second-order valence-corrected chi connectivity index (χ2v) is 5.25. The van der Waals surface area contributed by atoms with Gasteiger partial charge in [0, 0.05) is 18.7 Å². The highest BCUT2D eigenvalue weighted by molar-refractivity contribution is 6.06. The zero-order valence-corrected chi connectivity index (χ0v) is 11.1. The first-order valence-corrected chi connectivity index (χ1v) is 6.74. The summed E-state index contributed by atoms with van der Waals surface area (Å²) in [6.07, 6.45) is 2.20. The van der Waals surface area contributed by atoms with E-state index in [9.17, 15) is 22.8 Å². The van der Waals surface area contributed by atoms with Crippen LogP contribution in [0.4, 0.5) is 18.9 Å². The Morgan fingerprint density at radius 2 is 1.71 bits per heavy atom. The first-order valence-electron chi connectivity index (χ1n) is 6.74. The quantitative estimate of drug-likeness (QED) is 0.742. The fourth-order valence-electron chi connectivity index (χ4n) is 2.89. The molecule has 0 aliphatic carbocycles. The number of carbonyl (C=O) groups excluding carboxylic acids is 2. The zero-order chi connectivity index (χ0) is 15.1. The summed E-state index contributed by atoms with van der Waals surface area (Å²) in [4.78, 5) is 27.0. The molecule has 4 nitrogen and oxygen atoms in total. The highest BCUT2D eigenvalue weighted by Gasteiger charge is 2.41. The molecule has 2 amide bonds. The molecule has 0 N–H and O–H groups in total. The number of benzene rings is 1. The minimum Gasteiger partial charge on any atom is -0.329 e. The van der Waals surface area contributed by atoms with Crippen molar-refractivity contribution in [3.8, 4) is 0 Å². The van der Waals surface area contributed by atoms with Crippen LogP contribution in [0.25, 0.3) is 0 Å². The van der Waals surface area contributed by atoms with Crippen molar-refractivity contribution in [1.29, 1.82) is 0 Å². The molecule has 1 atom stereocenters. The molecule has 2 heterocycles. The Kier molecular flexibility index (Phi) is 3.35. The molecule has 21 heavy (non-hydrogen) atoms. The highest BCUT2D eigenvalue weighted by atomic mass is 19.2. The zero-order valence-electron chi connectivity index (χ0n) is 11.1. The van der Waals surface area contributed by atoms with Gasteiger partial charge in [-0.2, -0.15) is 0 Å². The van der Waals surface area contributed by atoms with Crippen molar-refractivity contribution >= 4 is 17.5 Å². The summed E-state index contributed by atoms with van der Waals surface area (Å²) in [5, 5.41) is 0. The predicted octanol–water partition coefficient (Wildman–Crippen LogP) is 1.83. The third-order valence-corrected chi connectivity index (χ3v) is 3.95. The van der Waals surface area contributed by atoms with E-state index in [0.717, 1.165) is 29.9 Å². The monoisotopic (exact) mass is 298 g/mol.